The minimum absolute atomic E-state index is 0.104. The van der Waals surface area contributed by atoms with Crippen LogP contribution in [-0.4, -0.2) is 42.0 Å². The number of hydrogen-bond donors (Lipinski definition) is 0. The van der Waals surface area contributed by atoms with Crippen LogP contribution >= 0.6 is 9.39 Å². The fraction of sp³-hybridized carbons (Fsp3) is 0.952. The van der Waals surface area contributed by atoms with Gasteiger partial charge in [-0.2, -0.15) is 0 Å². The van der Waals surface area contributed by atoms with Gasteiger partial charge in [0.2, 0.25) is 0 Å². The maximum Gasteiger partial charge on any atom is 0.309 e. The van der Waals surface area contributed by atoms with Crippen LogP contribution in [0.1, 0.15) is 64.2 Å². The van der Waals surface area contributed by atoms with Gasteiger partial charge in [-0.3, -0.25) is 9.46 Å². The van der Waals surface area contributed by atoms with Crippen LogP contribution in [0, 0.1) is 29.6 Å². The van der Waals surface area contributed by atoms with Crippen molar-refractivity contribution < 1.29 is 14.3 Å². The first-order chi connectivity index (χ1) is 12.7. The lowest BCUT2D eigenvalue weighted by atomic mass is 9.65. The summed E-state index contributed by atoms with van der Waals surface area (Å²) >= 11 is 0. The van der Waals surface area contributed by atoms with Crippen LogP contribution in [0.4, 0.5) is 0 Å². The largest absolute Gasteiger partial charge is 0.461 e. The number of esters is 1. The Kier molecular flexibility index (Phi) is 5.05. The molecule has 3 saturated carbocycles. The van der Waals surface area contributed by atoms with Crippen molar-refractivity contribution in [1.29, 1.82) is 0 Å². The predicted molar refractivity (Wildman–Crippen MR) is 103 cm³/mol. The number of carbonyl (C=O) groups excluding carboxylic acids is 1. The maximum absolute atomic E-state index is 13.5. The van der Waals surface area contributed by atoms with Crippen LogP contribution in [0.3, 0.4) is 0 Å². The summed E-state index contributed by atoms with van der Waals surface area (Å²) in [6, 6.07) is 0. The SMILES string of the molecule is O=C(OC1C2CCC1CN(P)C2)C1C2CCCCC2OC2CCCCC21. The number of carbonyl (C=O) groups is 1. The van der Waals surface area contributed by atoms with E-state index in [1.54, 1.807) is 0 Å². The van der Waals surface area contributed by atoms with E-state index in [0.717, 1.165) is 38.8 Å². The van der Waals surface area contributed by atoms with E-state index in [2.05, 4.69) is 14.1 Å². The average Bonchev–Trinajstić information content (AvgIpc) is 2.88. The summed E-state index contributed by atoms with van der Waals surface area (Å²) in [6.45, 7) is 2.12. The molecule has 5 heteroatoms. The van der Waals surface area contributed by atoms with Gasteiger partial charge in [0.15, 0.2) is 0 Å². The molecular formula is C21H34NO3P. The molecule has 0 radical (unpaired) electrons. The molecule has 2 aliphatic heterocycles. The second kappa shape index (κ2) is 7.33. The summed E-state index contributed by atoms with van der Waals surface area (Å²) in [5, 5.41) is 0. The van der Waals surface area contributed by atoms with Gasteiger partial charge in [-0.05, 0) is 50.4 Å². The van der Waals surface area contributed by atoms with E-state index in [-0.39, 0.29) is 18.0 Å². The van der Waals surface area contributed by atoms with Crippen molar-refractivity contribution in [3.8, 4) is 0 Å². The Hall–Kier alpha value is -0.180. The predicted octanol–water partition coefficient (Wildman–Crippen LogP) is 3.79. The van der Waals surface area contributed by atoms with Crippen molar-refractivity contribution in [3.05, 3.63) is 0 Å². The zero-order valence-electron chi connectivity index (χ0n) is 15.9. The normalized spacial score (nSPS) is 48.5. The van der Waals surface area contributed by atoms with Crippen LogP contribution in [0.25, 0.3) is 0 Å². The Balaban J connectivity index is 1.35. The molecule has 3 aliphatic carbocycles. The van der Waals surface area contributed by atoms with E-state index < -0.39 is 0 Å². The summed E-state index contributed by atoms with van der Waals surface area (Å²) in [7, 11) is 2.85. The van der Waals surface area contributed by atoms with Gasteiger partial charge in [-0.15, -0.1) is 0 Å². The van der Waals surface area contributed by atoms with Gasteiger partial charge in [-0.25, -0.2) is 0 Å². The first kappa shape index (κ1) is 17.9. The molecule has 2 saturated heterocycles. The highest BCUT2D eigenvalue weighted by atomic mass is 31.0. The Morgan fingerprint density at radius 1 is 0.846 bits per heavy atom. The Bertz CT molecular complexity index is 507. The fourth-order valence-corrected chi connectivity index (χ4v) is 7.46. The summed E-state index contributed by atoms with van der Waals surface area (Å²) in [6.07, 6.45) is 12.9. The molecule has 5 aliphatic rings. The summed E-state index contributed by atoms with van der Waals surface area (Å²) < 4.78 is 15.2. The van der Waals surface area contributed by atoms with Crippen LogP contribution in [0.2, 0.25) is 0 Å². The van der Waals surface area contributed by atoms with Gasteiger partial charge in [0.05, 0.1) is 18.1 Å². The minimum Gasteiger partial charge on any atom is -0.461 e. The van der Waals surface area contributed by atoms with E-state index in [4.69, 9.17) is 9.47 Å². The molecule has 5 fully saturated rings. The first-order valence-corrected chi connectivity index (χ1v) is 11.6. The Morgan fingerprint density at radius 2 is 1.38 bits per heavy atom. The molecule has 2 bridgehead atoms. The van der Waals surface area contributed by atoms with Crippen molar-refractivity contribution in [2.24, 2.45) is 29.6 Å². The zero-order valence-corrected chi connectivity index (χ0v) is 17.0. The van der Waals surface area contributed by atoms with Crippen LogP contribution in [0.5, 0.6) is 0 Å². The second-order valence-electron chi connectivity index (χ2n) is 9.59. The highest BCUT2D eigenvalue weighted by molar-refractivity contribution is 7.13. The van der Waals surface area contributed by atoms with Crippen LogP contribution in [-0.2, 0) is 14.3 Å². The van der Waals surface area contributed by atoms with Gasteiger partial charge in [0, 0.05) is 24.9 Å². The van der Waals surface area contributed by atoms with Gasteiger partial charge in [-0.1, -0.05) is 35.1 Å². The van der Waals surface area contributed by atoms with Gasteiger partial charge >= 0.3 is 5.97 Å². The van der Waals surface area contributed by atoms with Crippen molar-refractivity contribution >= 4 is 15.4 Å². The van der Waals surface area contributed by atoms with E-state index in [9.17, 15) is 4.79 Å². The smallest absolute Gasteiger partial charge is 0.309 e. The topological polar surface area (TPSA) is 38.8 Å². The number of nitrogens with zero attached hydrogens (tertiary/aromatic N) is 1. The zero-order chi connectivity index (χ0) is 17.7. The summed E-state index contributed by atoms with van der Waals surface area (Å²) in [4.78, 5) is 13.5. The molecule has 0 N–H and O–H groups in total. The van der Waals surface area contributed by atoms with E-state index in [0.29, 0.717) is 35.9 Å². The molecule has 26 heavy (non-hydrogen) atoms. The first-order valence-electron chi connectivity index (χ1n) is 11.1. The molecule has 7 atom stereocenters. The number of piperidine rings is 1. The van der Waals surface area contributed by atoms with Crippen molar-refractivity contribution in [2.45, 2.75) is 82.5 Å². The highest BCUT2D eigenvalue weighted by Gasteiger charge is 2.52. The molecule has 0 amide bonds. The Labute approximate surface area is 160 Å². The van der Waals surface area contributed by atoms with E-state index in [1.165, 1.54) is 38.5 Å². The quantitative estimate of drug-likeness (QED) is 0.540. The lowest BCUT2D eigenvalue weighted by Crippen LogP contribution is -2.54. The third kappa shape index (κ3) is 3.14. The molecule has 0 aromatic carbocycles. The average molecular weight is 379 g/mol. The third-order valence-electron chi connectivity index (χ3n) is 8.08. The summed E-state index contributed by atoms with van der Waals surface area (Å²) in [5.41, 5.74) is 0. The van der Waals surface area contributed by atoms with Gasteiger partial charge in [0.1, 0.15) is 6.10 Å². The van der Waals surface area contributed by atoms with Crippen molar-refractivity contribution in [2.75, 3.05) is 13.1 Å². The molecule has 2 heterocycles. The molecular weight excluding hydrogens is 345 g/mol. The number of ether oxygens (including phenoxy) is 2. The molecule has 0 spiro atoms. The highest BCUT2D eigenvalue weighted by Crippen LogP contribution is 2.49. The summed E-state index contributed by atoms with van der Waals surface area (Å²) in [5.74, 6) is 2.15. The number of hydrogen-bond acceptors (Lipinski definition) is 4. The third-order valence-corrected chi connectivity index (χ3v) is 8.50. The minimum atomic E-state index is 0.104. The standard InChI is InChI=1S/C21H34NO3P/c23-21(25-20-13-9-10-14(20)12-22(26)11-13)19-15-5-1-3-7-17(15)24-18-8-4-2-6-16(18)19/h13-20H,1-12,26H2. The van der Waals surface area contributed by atoms with Gasteiger partial charge in [0.25, 0.3) is 0 Å². The molecule has 4 nitrogen and oxygen atoms in total. The van der Waals surface area contributed by atoms with Crippen molar-refractivity contribution in [3.63, 3.8) is 0 Å². The molecule has 0 aromatic rings. The lowest BCUT2D eigenvalue weighted by Gasteiger charge is -2.50. The van der Waals surface area contributed by atoms with Gasteiger partial charge < -0.3 is 9.47 Å². The second-order valence-corrected chi connectivity index (χ2v) is 10.3. The van der Waals surface area contributed by atoms with E-state index in [1.807, 2.05) is 0 Å². The maximum atomic E-state index is 13.5. The molecule has 7 unspecified atom stereocenters. The lowest BCUT2D eigenvalue weighted by molar-refractivity contribution is -0.199. The van der Waals surface area contributed by atoms with E-state index >= 15 is 0 Å². The van der Waals surface area contributed by atoms with Crippen molar-refractivity contribution in [1.82, 2.24) is 4.67 Å². The molecule has 5 rings (SSSR count). The Morgan fingerprint density at radius 3 is 1.96 bits per heavy atom. The van der Waals surface area contributed by atoms with Crippen LogP contribution in [0.15, 0.2) is 0 Å². The number of rotatable bonds is 2. The fourth-order valence-electron chi connectivity index (χ4n) is 6.92. The number of fused-ring (bicyclic) bond motifs is 4. The monoisotopic (exact) mass is 379 g/mol. The van der Waals surface area contributed by atoms with Crippen LogP contribution < -0.4 is 0 Å². The molecule has 0 aromatic heterocycles. The molecule has 146 valence electrons.